The van der Waals surface area contributed by atoms with E-state index in [1.807, 2.05) is 85.0 Å². The van der Waals surface area contributed by atoms with Gasteiger partial charge in [-0.15, -0.1) is 0 Å². The molecule has 0 aliphatic heterocycles. The van der Waals surface area contributed by atoms with Gasteiger partial charge in [-0.3, -0.25) is 9.59 Å². The predicted molar refractivity (Wildman–Crippen MR) is 119 cm³/mol. The molecule has 0 atom stereocenters. The lowest BCUT2D eigenvalue weighted by molar-refractivity contribution is 0.0986. The number of rotatable bonds is 0. The number of para-hydroxylation sites is 2. The average Bonchev–Trinajstić information content (AvgIpc) is 2.78. The Morgan fingerprint density at radius 3 is 1.50 bits per heavy atom. The molecule has 0 unspecified atom stereocenters. The van der Waals surface area contributed by atoms with Crippen molar-refractivity contribution in [3.05, 3.63) is 95.3 Å². The van der Waals surface area contributed by atoms with Crippen LogP contribution in [-0.2, 0) is 0 Å². The molecule has 2 aromatic carbocycles. The Morgan fingerprint density at radius 1 is 0.600 bits per heavy atom. The number of hydrogen-bond donors (Lipinski definition) is 0. The van der Waals surface area contributed by atoms with Crippen LogP contribution in [0.25, 0.3) is 34.0 Å². The van der Waals surface area contributed by atoms with E-state index in [0.717, 1.165) is 44.3 Å². The summed E-state index contributed by atoms with van der Waals surface area (Å²) in [7, 11) is 0. The Balaban J connectivity index is 0.000000128. The molecule has 144 valence electrons. The molecular weight excluding hydrogens is 372 g/mol. The van der Waals surface area contributed by atoms with Gasteiger partial charge < -0.3 is 0 Å². The molecule has 2 aliphatic carbocycles. The Morgan fingerprint density at radius 2 is 1.03 bits per heavy atom. The first-order valence-corrected chi connectivity index (χ1v) is 9.88. The molecule has 6 rings (SSSR count). The molecule has 30 heavy (non-hydrogen) atoms. The first-order chi connectivity index (χ1) is 14.7. The van der Waals surface area contributed by atoms with Gasteiger partial charge in [0.25, 0.3) is 0 Å². The molecule has 2 aromatic heterocycles. The summed E-state index contributed by atoms with van der Waals surface area (Å²) in [5.41, 5.74) is 4.97. The lowest BCUT2D eigenvalue weighted by Gasteiger charge is -2.09. The Bertz CT molecular complexity index is 1280. The van der Waals surface area contributed by atoms with Crippen LogP contribution in [0.1, 0.15) is 44.9 Å². The number of ketones is 2. The highest BCUT2D eigenvalue weighted by molar-refractivity contribution is 6.05. The van der Waals surface area contributed by atoms with Gasteiger partial charge in [0, 0.05) is 34.7 Å². The molecule has 0 radical (unpaired) electrons. The highest BCUT2D eigenvalue weighted by Gasteiger charge is 2.15. The van der Waals surface area contributed by atoms with Crippen molar-refractivity contribution in [3.63, 3.8) is 0 Å². The van der Waals surface area contributed by atoms with Crippen LogP contribution in [0, 0.1) is 0 Å². The zero-order valence-electron chi connectivity index (χ0n) is 16.2. The summed E-state index contributed by atoms with van der Waals surface area (Å²) in [6.45, 7) is 0. The number of carbonyl (C=O) groups excluding carboxylic acids is 2. The summed E-state index contributed by atoms with van der Waals surface area (Å²) in [6.07, 6.45) is 8.56. The van der Waals surface area contributed by atoms with Gasteiger partial charge in [-0.05, 0) is 36.4 Å². The second-order valence-electron chi connectivity index (χ2n) is 7.29. The molecule has 0 bridgehead atoms. The summed E-state index contributed by atoms with van der Waals surface area (Å²) in [6, 6.07) is 19.6. The van der Waals surface area contributed by atoms with E-state index in [1.165, 1.54) is 0 Å². The molecule has 0 saturated heterocycles. The van der Waals surface area contributed by atoms with E-state index < -0.39 is 0 Å². The summed E-state index contributed by atoms with van der Waals surface area (Å²) in [5, 5.41) is 2.06. The molecular formula is C26H18N2O2. The third kappa shape index (κ3) is 3.33. The monoisotopic (exact) mass is 390 g/mol. The minimum atomic E-state index is 0.158. The van der Waals surface area contributed by atoms with Crippen LogP contribution in [0.15, 0.2) is 72.8 Å². The topological polar surface area (TPSA) is 59.9 Å². The number of carbonyl (C=O) groups is 2. The SMILES string of the molecule is O=C1CC=Cc2nc3ccccc3cc21.O=C1CC=Cc2nc3ccccc3cc21. The molecule has 4 aromatic rings. The first kappa shape index (κ1) is 18.1. The second kappa shape index (κ2) is 7.48. The van der Waals surface area contributed by atoms with Gasteiger partial charge in [-0.2, -0.15) is 0 Å². The maximum absolute atomic E-state index is 11.6. The van der Waals surface area contributed by atoms with Crippen molar-refractivity contribution in [1.82, 2.24) is 9.97 Å². The van der Waals surface area contributed by atoms with Crippen molar-refractivity contribution in [1.29, 1.82) is 0 Å². The van der Waals surface area contributed by atoms with Crippen molar-refractivity contribution in [2.75, 3.05) is 0 Å². The van der Waals surface area contributed by atoms with Gasteiger partial charge in [0.05, 0.1) is 22.4 Å². The fourth-order valence-electron chi connectivity index (χ4n) is 3.74. The molecule has 2 aliphatic rings. The van der Waals surface area contributed by atoms with Gasteiger partial charge >= 0.3 is 0 Å². The van der Waals surface area contributed by atoms with Crippen LogP contribution in [-0.4, -0.2) is 21.5 Å². The fraction of sp³-hybridized carbons (Fsp3) is 0.0769. The average molecular weight is 390 g/mol. The summed E-state index contributed by atoms with van der Waals surface area (Å²) < 4.78 is 0. The summed E-state index contributed by atoms with van der Waals surface area (Å²) >= 11 is 0. The number of pyridine rings is 2. The van der Waals surface area contributed by atoms with Crippen LogP contribution in [0.3, 0.4) is 0 Å². The number of fused-ring (bicyclic) bond motifs is 4. The van der Waals surface area contributed by atoms with Crippen molar-refractivity contribution in [2.45, 2.75) is 12.8 Å². The van der Waals surface area contributed by atoms with Crippen molar-refractivity contribution >= 4 is 45.5 Å². The van der Waals surface area contributed by atoms with Gasteiger partial charge in [0.2, 0.25) is 0 Å². The van der Waals surface area contributed by atoms with Gasteiger partial charge in [-0.25, -0.2) is 9.97 Å². The molecule has 2 heterocycles. The minimum Gasteiger partial charge on any atom is -0.294 e. The number of hydrogen-bond acceptors (Lipinski definition) is 4. The Kier molecular flexibility index (Phi) is 4.52. The van der Waals surface area contributed by atoms with E-state index >= 15 is 0 Å². The maximum Gasteiger partial charge on any atom is 0.168 e. The van der Waals surface area contributed by atoms with Gasteiger partial charge in [0.15, 0.2) is 11.6 Å². The van der Waals surface area contributed by atoms with Crippen LogP contribution >= 0.6 is 0 Å². The minimum absolute atomic E-state index is 0.158. The summed E-state index contributed by atoms with van der Waals surface area (Å²) in [4.78, 5) is 32.2. The standard InChI is InChI=1S/2C13H9NO/c2*15-13-7-3-6-12-10(13)8-9-4-1-2-5-11(9)14-12/h2*1-6,8H,7H2. The second-order valence-corrected chi connectivity index (χ2v) is 7.29. The first-order valence-electron chi connectivity index (χ1n) is 9.88. The lowest BCUT2D eigenvalue weighted by Crippen LogP contribution is -2.06. The number of Topliss-reactive ketones (excluding diaryl/α,β-unsaturated/α-hetero) is 2. The van der Waals surface area contributed by atoms with E-state index in [9.17, 15) is 9.59 Å². The molecule has 4 heteroatoms. The molecule has 4 nitrogen and oxygen atoms in total. The van der Waals surface area contributed by atoms with Crippen molar-refractivity contribution in [3.8, 4) is 0 Å². The third-order valence-electron chi connectivity index (χ3n) is 5.27. The number of benzene rings is 2. The number of aromatic nitrogens is 2. The van der Waals surface area contributed by atoms with Crippen LogP contribution in [0.5, 0.6) is 0 Å². The molecule has 0 amide bonds. The Hall–Kier alpha value is -3.92. The lowest BCUT2D eigenvalue weighted by atomic mass is 9.99. The molecule has 0 fully saturated rings. The van der Waals surface area contributed by atoms with Crippen LogP contribution < -0.4 is 0 Å². The van der Waals surface area contributed by atoms with Gasteiger partial charge in [-0.1, -0.05) is 48.6 Å². The van der Waals surface area contributed by atoms with E-state index in [-0.39, 0.29) is 11.6 Å². The van der Waals surface area contributed by atoms with Crippen LogP contribution in [0.2, 0.25) is 0 Å². The van der Waals surface area contributed by atoms with Gasteiger partial charge in [0.1, 0.15) is 0 Å². The van der Waals surface area contributed by atoms with E-state index in [4.69, 9.17) is 0 Å². The van der Waals surface area contributed by atoms with E-state index in [0.29, 0.717) is 12.8 Å². The van der Waals surface area contributed by atoms with Crippen LogP contribution in [0.4, 0.5) is 0 Å². The molecule has 0 N–H and O–H groups in total. The zero-order valence-corrected chi connectivity index (χ0v) is 16.2. The third-order valence-corrected chi connectivity index (χ3v) is 5.27. The highest BCUT2D eigenvalue weighted by atomic mass is 16.1. The quantitative estimate of drug-likeness (QED) is 0.388. The predicted octanol–water partition coefficient (Wildman–Crippen LogP) is 5.67. The maximum atomic E-state index is 11.6. The van der Waals surface area contributed by atoms with Crippen molar-refractivity contribution < 1.29 is 9.59 Å². The Labute approximate surface area is 173 Å². The van der Waals surface area contributed by atoms with Crippen molar-refractivity contribution in [2.24, 2.45) is 0 Å². The summed E-state index contributed by atoms with van der Waals surface area (Å²) in [5.74, 6) is 0.316. The fourth-order valence-corrected chi connectivity index (χ4v) is 3.74. The molecule has 0 saturated carbocycles. The number of nitrogens with zero attached hydrogens (tertiary/aromatic N) is 2. The largest absolute Gasteiger partial charge is 0.294 e. The molecule has 0 spiro atoms. The smallest absolute Gasteiger partial charge is 0.168 e. The normalized spacial score (nSPS) is 14.3. The highest BCUT2D eigenvalue weighted by Crippen LogP contribution is 2.23. The zero-order chi connectivity index (χ0) is 20.5. The number of allylic oxidation sites excluding steroid dienone is 2. The van der Waals surface area contributed by atoms with E-state index in [1.54, 1.807) is 0 Å². The van der Waals surface area contributed by atoms with E-state index in [2.05, 4.69) is 9.97 Å².